The number of nitrogens with zero attached hydrogens (tertiary/aromatic N) is 2. The van der Waals surface area contributed by atoms with Crippen LogP contribution in [-0.2, 0) is 4.74 Å². The number of piperidine rings is 1. The lowest BCUT2D eigenvalue weighted by molar-refractivity contribution is 0.107. The summed E-state index contributed by atoms with van der Waals surface area (Å²) < 4.78 is 5.62. The second-order valence-electron chi connectivity index (χ2n) is 3.66. The highest BCUT2D eigenvalue weighted by Gasteiger charge is 2.22. The second kappa shape index (κ2) is 6.57. The van der Waals surface area contributed by atoms with Crippen LogP contribution in [0.5, 0.6) is 0 Å². The van der Waals surface area contributed by atoms with Gasteiger partial charge in [-0.25, -0.2) is 9.79 Å². The van der Waals surface area contributed by atoms with Crippen LogP contribution < -0.4 is 11.5 Å². The van der Waals surface area contributed by atoms with Gasteiger partial charge in [-0.3, -0.25) is 0 Å². The van der Waals surface area contributed by atoms with Gasteiger partial charge in [0.25, 0.3) is 0 Å². The molecule has 0 aromatic carbocycles. The maximum absolute atomic E-state index is 10.9. The van der Waals surface area contributed by atoms with Crippen LogP contribution in [0.4, 0.5) is 4.79 Å². The van der Waals surface area contributed by atoms with Crippen molar-refractivity contribution in [3.63, 3.8) is 0 Å². The molecule has 6 heteroatoms. The first kappa shape index (κ1) is 13.1. The minimum atomic E-state index is -0.382. The monoisotopic (exact) mass is 238 g/mol. The molecule has 2 amide bonds. The van der Waals surface area contributed by atoms with Crippen LogP contribution in [0.2, 0.25) is 0 Å². The van der Waals surface area contributed by atoms with E-state index in [9.17, 15) is 4.79 Å². The van der Waals surface area contributed by atoms with Gasteiger partial charge in [-0.15, -0.1) is 0 Å². The SMILES string of the molecule is C=C/C(=N\C=C/N)OC1CCN(C(N)=O)CC1. The van der Waals surface area contributed by atoms with Crippen LogP contribution in [0.1, 0.15) is 12.8 Å². The second-order valence-corrected chi connectivity index (χ2v) is 3.66. The summed E-state index contributed by atoms with van der Waals surface area (Å²) in [7, 11) is 0. The molecule has 0 radical (unpaired) electrons. The third kappa shape index (κ3) is 4.18. The third-order valence-corrected chi connectivity index (χ3v) is 2.50. The van der Waals surface area contributed by atoms with E-state index >= 15 is 0 Å². The van der Waals surface area contributed by atoms with Crippen LogP contribution >= 0.6 is 0 Å². The number of primary amides is 1. The van der Waals surface area contributed by atoms with Crippen molar-refractivity contribution in [3.8, 4) is 0 Å². The number of carbonyl (C=O) groups excluding carboxylic acids is 1. The lowest BCUT2D eigenvalue weighted by Gasteiger charge is -2.30. The fourth-order valence-corrected chi connectivity index (χ4v) is 1.61. The topological polar surface area (TPSA) is 93.9 Å². The number of likely N-dealkylation sites (tertiary alicyclic amines) is 1. The minimum absolute atomic E-state index is 0.0357. The van der Waals surface area contributed by atoms with E-state index in [0.717, 1.165) is 12.8 Å². The normalized spacial score (nSPS) is 18.4. The molecule has 0 aromatic heterocycles. The van der Waals surface area contributed by atoms with Crippen molar-refractivity contribution in [2.45, 2.75) is 18.9 Å². The van der Waals surface area contributed by atoms with E-state index in [1.54, 1.807) is 4.90 Å². The van der Waals surface area contributed by atoms with Crippen molar-refractivity contribution < 1.29 is 9.53 Å². The summed E-state index contributed by atoms with van der Waals surface area (Å²) in [6, 6.07) is -0.382. The summed E-state index contributed by atoms with van der Waals surface area (Å²) in [5.74, 6) is 0.434. The van der Waals surface area contributed by atoms with Crippen LogP contribution in [0.15, 0.2) is 30.0 Å². The summed E-state index contributed by atoms with van der Waals surface area (Å²) in [4.78, 5) is 16.5. The molecule has 0 atom stereocenters. The standard InChI is InChI=1S/C11H18N4O2/c1-2-10(14-6-5-12)17-9-3-7-15(8-4-9)11(13)16/h2,5-6,9H,1,3-4,7-8,12H2,(H2,13,16)/b6-5-,14-10+. The molecule has 94 valence electrons. The van der Waals surface area contributed by atoms with E-state index in [-0.39, 0.29) is 12.1 Å². The first-order chi connectivity index (χ1) is 8.17. The van der Waals surface area contributed by atoms with Gasteiger partial charge in [-0.1, -0.05) is 6.58 Å². The van der Waals surface area contributed by atoms with Gasteiger partial charge < -0.3 is 21.1 Å². The molecule has 4 N–H and O–H groups in total. The van der Waals surface area contributed by atoms with Crippen molar-refractivity contribution in [2.24, 2.45) is 16.5 Å². The van der Waals surface area contributed by atoms with Crippen molar-refractivity contribution in [3.05, 3.63) is 25.1 Å². The first-order valence-electron chi connectivity index (χ1n) is 5.45. The Morgan fingerprint density at radius 2 is 2.12 bits per heavy atom. The summed E-state index contributed by atoms with van der Waals surface area (Å²) in [6.45, 7) is 4.82. The predicted molar refractivity (Wildman–Crippen MR) is 66.2 cm³/mol. The molecule has 17 heavy (non-hydrogen) atoms. The molecule has 1 aliphatic rings. The van der Waals surface area contributed by atoms with Gasteiger partial charge in [0, 0.05) is 38.3 Å². The van der Waals surface area contributed by atoms with Gasteiger partial charge >= 0.3 is 6.03 Å². The average molecular weight is 238 g/mol. The Morgan fingerprint density at radius 1 is 1.47 bits per heavy atom. The van der Waals surface area contributed by atoms with E-state index < -0.39 is 0 Å². The lowest BCUT2D eigenvalue weighted by Crippen LogP contribution is -2.43. The molecule has 0 saturated carbocycles. The molecule has 1 heterocycles. The Balaban J connectivity index is 2.44. The number of nitrogens with two attached hydrogens (primary N) is 2. The maximum Gasteiger partial charge on any atom is 0.314 e. The summed E-state index contributed by atoms with van der Waals surface area (Å²) in [5, 5.41) is 0. The quantitative estimate of drug-likeness (QED) is 0.555. The largest absolute Gasteiger partial charge is 0.474 e. The fraction of sp³-hybridized carbons (Fsp3) is 0.455. The maximum atomic E-state index is 10.9. The van der Waals surface area contributed by atoms with Crippen molar-refractivity contribution >= 4 is 11.9 Å². The number of aliphatic imine (C=N–C) groups is 1. The fourth-order valence-electron chi connectivity index (χ4n) is 1.61. The summed E-state index contributed by atoms with van der Waals surface area (Å²) in [6.07, 6.45) is 5.80. The van der Waals surface area contributed by atoms with E-state index in [0.29, 0.717) is 19.0 Å². The average Bonchev–Trinajstić information content (AvgIpc) is 2.35. The van der Waals surface area contributed by atoms with Gasteiger partial charge in [0.1, 0.15) is 6.10 Å². The van der Waals surface area contributed by atoms with Gasteiger partial charge in [0.15, 0.2) is 0 Å². The van der Waals surface area contributed by atoms with E-state index in [2.05, 4.69) is 11.6 Å². The molecule has 0 bridgehead atoms. The summed E-state index contributed by atoms with van der Waals surface area (Å²) in [5.41, 5.74) is 10.4. The highest BCUT2D eigenvalue weighted by molar-refractivity contribution is 5.87. The van der Waals surface area contributed by atoms with Crippen LogP contribution in [0.3, 0.4) is 0 Å². The van der Waals surface area contributed by atoms with E-state index in [1.807, 2.05) is 0 Å². The van der Waals surface area contributed by atoms with Crippen LogP contribution in [0.25, 0.3) is 0 Å². The molecule has 1 fully saturated rings. The van der Waals surface area contributed by atoms with Gasteiger partial charge in [-0.05, 0) is 6.08 Å². The molecular weight excluding hydrogens is 220 g/mol. The smallest absolute Gasteiger partial charge is 0.314 e. The predicted octanol–water partition coefficient (Wildman–Crippen LogP) is 0.561. The highest BCUT2D eigenvalue weighted by atomic mass is 16.5. The van der Waals surface area contributed by atoms with Crippen LogP contribution in [0, 0.1) is 0 Å². The van der Waals surface area contributed by atoms with Gasteiger partial charge in [0.2, 0.25) is 5.90 Å². The number of rotatable bonds is 3. The molecular formula is C11H18N4O2. The molecule has 0 aliphatic carbocycles. The zero-order valence-electron chi connectivity index (χ0n) is 9.71. The van der Waals surface area contributed by atoms with Crippen molar-refractivity contribution in [2.75, 3.05) is 13.1 Å². The highest BCUT2D eigenvalue weighted by Crippen LogP contribution is 2.14. The lowest BCUT2D eigenvalue weighted by atomic mass is 10.1. The molecule has 1 saturated heterocycles. The third-order valence-electron chi connectivity index (χ3n) is 2.50. The van der Waals surface area contributed by atoms with Crippen molar-refractivity contribution in [1.82, 2.24) is 4.90 Å². The zero-order valence-corrected chi connectivity index (χ0v) is 9.71. The molecule has 1 aliphatic heterocycles. The molecule has 0 unspecified atom stereocenters. The number of ether oxygens (including phenoxy) is 1. The minimum Gasteiger partial charge on any atom is -0.474 e. The molecule has 0 aromatic rings. The number of amides is 2. The zero-order chi connectivity index (χ0) is 12.7. The Bertz CT molecular complexity index is 330. The molecule has 1 rings (SSSR count). The number of hydrogen-bond acceptors (Lipinski definition) is 4. The van der Waals surface area contributed by atoms with Gasteiger partial charge in [-0.2, -0.15) is 0 Å². The van der Waals surface area contributed by atoms with E-state index in [1.165, 1.54) is 18.5 Å². The number of hydrogen-bond donors (Lipinski definition) is 2. The Labute approximate surface area is 101 Å². The Kier molecular flexibility index (Phi) is 5.06. The molecule has 6 nitrogen and oxygen atoms in total. The van der Waals surface area contributed by atoms with Crippen LogP contribution in [-0.4, -0.2) is 36.0 Å². The number of carbonyl (C=O) groups is 1. The molecule has 0 spiro atoms. The van der Waals surface area contributed by atoms with Crippen molar-refractivity contribution in [1.29, 1.82) is 0 Å². The Morgan fingerprint density at radius 3 is 2.59 bits per heavy atom. The summed E-state index contributed by atoms with van der Waals surface area (Å²) >= 11 is 0. The number of urea groups is 1. The van der Waals surface area contributed by atoms with Gasteiger partial charge in [0.05, 0.1) is 0 Å². The first-order valence-corrected chi connectivity index (χ1v) is 5.45. The van der Waals surface area contributed by atoms with E-state index in [4.69, 9.17) is 16.2 Å². The Hall–Kier alpha value is -1.98.